The van der Waals surface area contributed by atoms with E-state index in [2.05, 4.69) is 12.1 Å². The Balaban J connectivity index is 2.53. The van der Waals surface area contributed by atoms with Gasteiger partial charge in [-0.2, -0.15) is 5.26 Å². The number of rotatable bonds is 3. The fourth-order valence-electron chi connectivity index (χ4n) is 1.71. The van der Waals surface area contributed by atoms with Gasteiger partial charge in [0.05, 0.1) is 25.9 Å². The molecule has 2 aromatic rings. The van der Waals surface area contributed by atoms with Crippen LogP contribution in [0.3, 0.4) is 0 Å². The Bertz CT molecular complexity index is 600. The van der Waals surface area contributed by atoms with Gasteiger partial charge in [-0.3, -0.25) is 0 Å². The SMILES string of the molecule is COc1ccc(-c2[c]ccc(C#N)c2)c(OC)c1. The predicted molar refractivity (Wildman–Crippen MR) is 68.5 cm³/mol. The fraction of sp³-hybridized carbons (Fsp3) is 0.133. The van der Waals surface area contributed by atoms with E-state index in [1.807, 2.05) is 18.2 Å². The second-order valence-electron chi connectivity index (χ2n) is 3.67. The number of nitrogens with zero attached hydrogens (tertiary/aromatic N) is 1. The summed E-state index contributed by atoms with van der Waals surface area (Å²) in [6.07, 6.45) is 0. The van der Waals surface area contributed by atoms with E-state index in [0.717, 1.165) is 16.9 Å². The molecule has 89 valence electrons. The van der Waals surface area contributed by atoms with E-state index in [1.54, 1.807) is 32.4 Å². The molecular weight excluding hydrogens is 226 g/mol. The van der Waals surface area contributed by atoms with E-state index in [1.165, 1.54) is 0 Å². The summed E-state index contributed by atoms with van der Waals surface area (Å²) in [4.78, 5) is 0. The van der Waals surface area contributed by atoms with Crippen LogP contribution in [0.25, 0.3) is 11.1 Å². The second-order valence-corrected chi connectivity index (χ2v) is 3.67. The Morgan fingerprint density at radius 2 is 1.94 bits per heavy atom. The van der Waals surface area contributed by atoms with E-state index in [4.69, 9.17) is 14.7 Å². The molecule has 0 aliphatic rings. The Labute approximate surface area is 106 Å². The molecule has 0 bridgehead atoms. The Kier molecular flexibility index (Phi) is 3.49. The summed E-state index contributed by atoms with van der Waals surface area (Å²) in [6.45, 7) is 0. The van der Waals surface area contributed by atoms with Crippen LogP contribution in [0.1, 0.15) is 5.56 Å². The lowest BCUT2D eigenvalue weighted by molar-refractivity contribution is 0.395. The lowest BCUT2D eigenvalue weighted by atomic mass is 10.0. The van der Waals surface area contributed by atoms with Gasteiger partial charge >= 0.3 is 0 Å². The minimum atomic E-state index is 0.599. The van der Waals surface area contributed by atoms with Crippen LogP contribution in [-0.4, -0.2) is 14.2 Å². The molecule has 2 aromatic carbocycles. The third-order valence-corrected chi connectivity index (χ3v) is 2.63. The van der Waals surface area contributed by atoms with Crippen LogP contribution >= 0.6 is 0 Å². The lowest BCUT2D eigenvalue weighted by Crippen LogP contribution is -1.90. The number of nitriles is 1. The highest BCUT2D eigenvalue weighted by molar-refractivity contribution is 5.72. The average Bonchev–Trinajstić information content (AvgIpc) is 2.46. The molecule has 0 aliphatic carbocycles. The summed E-state index contributed by atoms with van der Waals surface area (Å²) >= 11 is 0. The lowest BCUT2D eigenvalue weighted by Gasteiger charge is -2.10. The van der Waals surface area contributed by atoms with Crippen LogP contribution in [0.4, 0.5) is 0 Å². The Morgan fingerprint density at radius 3 is 2.61 bits per heavy atom. The molecule has 0 amide bonds. The first-order chi connectivity index (χ1) is 8.78. The smallest absolute Gasteiger partial charge is 0.130 e. The highest BCUT2D eigenvalue weighted by atomic mass is 16.5. The van der Waals surface area contributed by atoms with Gasteiger partial charge in [-0.05, 0) is 35.9 Å². The molecule has 0 atom stereocenters. The monoisotopic (exact) mass is 238 g/mol. The highest BCUT2D eigenvalue weighted by Gasteiger charge is 2.08. The largest absolute Gasteiger partial charge is 0.497 e. The number of hydrogen-bond donors (Lipinski definition) is 0. The van der Waals surface area contributed by atoms with Crippen molar-refractivity contribution in [2.75, 3.05) is 14.2 Å². The van der Waals surface area contributed by atoms with Gasteiger partial charge in [-0.15, -0.1) is 0 Å². The third kappa shape index (κ3) is 2.28. The van der Waals surface area contributed by atoms with Crippen molar-refractivity contribution in [1.82, 2.24) is 0 Å². The van der Waals surface area contributed by atoms with E-state index in [9.17, 15) is 0 Å². The molecule has 0 aliphatic heterocycles. The van der Waals surface area contributed by atoms with Gasteiger partial charge in [0.25, 0.3) is 0 Å². The first-order valence-corrected chi connectivity index (χ1v) is 5.42. The summed E-state index contributed by atoms with van der Waals surface area (Å²) in [6, 6.07) is 16.0. The number of benzene rings is 2. The molecule has 0 saturated carbocycles. The Hall–Kier alpha value is -2.47. The normalized spacial score (nSPS) is 9.61. The van der Waals surface area contributed by atoms with Gasteiger partial charge in [0.1, 0.15) is 11.5 Å². The third-order valence-electron chi connectivity index (χ3n) is 2.63. The summed E-state index contributed by atoms with van der Waals surface area (Å²) in [5.74, 6) is 1.42. The van der Waals surface area contributed by atoms with Crippen LogP contribution in [0.15, 0.2) is 36.4 Å². The van der Waals surface area contributed by atoms with Gasteiger partial charge in [0.15, 0.2) is 0 Å². The molecule has 0 unspecified atom stereocenters. The molecule has 0 spiro atoms. The van der Waals surface area contributed by atoms with E-state index in [0.29, 0.717) is 11.3 Å². The second kappa shape index (κ2) is 5.24. The maximum absolute atomic E-state index is 8.90. The van der Waals surface area contributed by atoms with Crippen LogP contribution < -0.4 is 9.47 Å². The first kappa shape index (κ1) is 12.0. The van der Waals surface area contributed by atoms with Crippen molar-refractivity contribution >= 4 is 0 Å². The van der Waals surface area contributed by atoms with Crippen molar-refractivity contribution in [3.8, 4) is 28.7 Å². The molecule has 0 saturated heterocycles. The maximum Gasteiger partial charge on any atom is 0.130 e. The quantitative estimate of drug-likeness (QED) is 0.825. The van der Waals surface area contributed by atoms with E-state index in [-0.39, 0.29) is 0 Å². The van der Waals surface area contributed by atoms with Gasteiger partial charge in [-0.1, -0.05) is 6.07 Å². The van der Waals surface area contributed by atoms with Crippen molar-refractivity contribution in [2.24, 2.45) is 0 Å². The van der Waals surface area contributed by atoms with Crippen LogP contribution in [0.2, 0.25) is 0 Å². The number of ether oxygens (including phenoxy) is 2. The van der Waals surface area contributed by atoms with Crippen LogP contribution in [-0.2, 0) is 0 Å². The van der Waals surface area contributed by atoms with Gasteiger partial charge < -0.3 is 9.47 Å². The molecule has 18 heavy (non-hydrogen) atoms. The van der Waals surface area contributed by atoms with Crippen LogP contribution in [0, 0.1) is 17.4 Å². The van der Waals surface area contributed by atoms with Crippen molar-refractivity contribution in [2.45, 2.75) is 0 Å². The van der Waals surface area contributed by atoms with Crippen molar-refractivity contribution < 1.29 is 9.47 Å². The van der Waals surface area contributed by atoms with Crippen molar-refractivity contribution in [3.63, 3.8) is 0 Å². The Morgan fingerprint density at radius 1 is 1.11 bits per heavy atom. The summed E-state index contributed by atoms with van der Waals surface area (Å²) in [5, 5.41) is 8.90. The molecule has 3 heteroatoms. The fourth-order valence-corrected chi connectivity index (χ4v) is 1.71. The molecule has 0 N–H and O–H groups in total. The predicted octanol–water partition coefficient (Wildman–Crippen LogP) is 3.04. The zero-order chi connectivity index (χ0) is 13.0. The van der Waals surface area contributed by atoms with E-state index >= 15 is 0 Å². The number of methoxy groups -OCH3 is 2. The summed E-state index contributed by atoms with van der Waals surface area (Å²) in [7, 11) is 3.21. The summed E-state index contributed by atoms with van der Waals surface area (Å²) in [5.41, 5.74) is 2.31. The minimum absolute atomic E-state index is 0.599. The van der Waals surface area contributed by atoms with E-state index < -0.39 is 0 Å². The van der Waals surface area contributed by atoms with Crippen LogP contribution in [0.5, 0.6) is 11.5 Å². The molecule has 0 heterocycles. The molecular formula is C15H12NO2. The molecule has 3 nitrogen and oxygen atoms in total. The number of hydrogen-bond acceptors (Lipinski definition) is 3. The topological polar surface area (TPSA) is 42.2 Å². The minimum Gasteiger partial charge on any atom is -0.497 e. The first-order valence-electron chi connectivity index (χ1n) is 5.42. The van der Waals surface area contributed by atoms with Gasteiger partial charge in [-0.25, -0.2) is 0 Å². The highest BCUT2D eigenvalue weighted by Crippen LogP contribution is 2.33. The average molecular weight is 238 g/mol. The zero-order valence-electron chi connectivity index (χ0n) is 10.2. The van der Waals surface area contributed by atoms with Crippen molar-refractivity contribution in [3.05, 3.63) is 48.0 Å². The van der Waals surface area contributed by atoms with Crippen molar-refractivity contribution in [1.29, 1.82) is 5.26 Å². The maximum atomic E-state index is 8.90. The summed E-state index contributed by atoms with van der Waals surface area (Å²) < 4.78 is 10.5. The molecule has 2 rings (SSSR count). The zero-order valence-corrected chi connectivity index (χ0v) is 10.2. The molecule has 0 aromatic heterocycles. The molecule has 0 fully saturated rings. The van der Waals surface area contributed by atoms with Gasteiger partial charge in [0.2, 0.25) is 0 Å². The molecule has 1 radical (unpaired) electrons. The van der Waals surface area contributed by atoms with Gasteiger partial charge in [0, 0.05) is 11.6 Å². The standard InChI is InChI=1S/C15H12NO2/c1-17-13-6-7-14(15(9-13)18-2)12-5-3-4-11(8-12)10-16/h3-4,6-9H,1-2H3.